The highest BCUT2D eigenvalue weighted by Crippen LogP contribution is 2.28. The van der Waals surface area contributed by atoms with E-state index in [0.717, 1.165) is 5.56 Å². The fourth-order valence-electron chi connectivity index (χ4n) is 2.16. The molecule has 24 heavy (non-hydrogen) atoms. The van der Waals surface area contributed by atoms with Gasteiger partial charge >= 0.3 is 0 Å². The van der Waals surface area contributed by atoms with Crippen molar-refractivity contribution >= 4 is 34.8 Å². The zero-order chi connectivity index (χ0) is 16.9. The summed E-state index contributed by atoms with van der Waals surface area (Å²) in [5.74, 6) is 1.89. The first-order valence-electron chi connectivity index (χ1n) is 7.36. The quantitative estimate of drug-likeness (QED) is 0.414. The van der Waals surface area contributed by atoms with Gasteiger partial charge in [0.1, 0.15) is 23.9 Å². The van der Waals surface area contributed by atoms with Crippen molar-refractivity contribution in [3.8, 4) is 5.75 Å². The molecular weight excluding hydrogens is 344 g/mol. The van der Waals surface area contributed by atoms with E-state index in [-0.39, 0.29) is 12.4 Å². The number of halogens is 1. The van der Waals surface area contributed by atoms with Gasteiger partial charge in [0.2, 0.25) is 0 Å². The van der Waals surface area contributed by atoms with Crippen LogP contribution < -0.4 is 4.74 Å². The molecule has 0 spiro atoms. The zero-order valence-corrected chi connectivity index (χ0v) is 14.6. The van der Waals surface area contributed by atoms with Crippen molar-refractivity contribution in [1.82, 2.24) is 0 Å². The number of aryl methyl sites for hydroxylation is 1. The average Bonchev–Trinajstić information content (AvgIpc) is 3.24. The van der Waals surface area contributed by atoms with Crippen LogP contribution in [0.4, 0.5) is 0 Å². The van der Waals surface area contributed by atoms with E-state index in [1.165, 1.54) is 17.4 Å². The molecule has 0 radical (unpaired) electrons. The molecule has 0 fully saturated rings. The monoisotopic (exact) mass is 358 g/mol. The van der Waals surface area contributed by atoms with Gasteiger partial charge in [0, 0.05) is 0 Å². The summed E-state index contributed by atoms with van der Waals surface area (Å²) in [6.45, 7) is 2.21. The average molecular weight is 359 g/mol. The fraction of sp³-hybridized carbons (Fsp3) is 0.105. The first-order valence-corrected chi connectivity index (χ1v) is 8.62. The van der Waals surface area contributed by atoms with E-state index in [1.54, 1.807) is 24.3 Å². The number of para-hydroxylation sites is 1. The van der Waals surface area contributed by atoms with Crippen molar-refractivity contribution in [3.05, 3.63) is 80.9 Å². The highest BCUT2D eigenvalue weighted by molar-refractivity contribution is 7.12. The van der Waals surface area contributed by atoms with Crippen molar-refractivity contribution in [3.63, 3.8) is 0 Å². The Balaban J connectivity index is 1.62. The lowest BCUT2D eigenvalue weighted by Gasteiger charge is -2.09. The van der Waals surface area contributed by atoms with E-state index >= 15 is 0 Å². The van der Waals surface area contributed by atoms with Crippen molar-refractivity contribution in [2.45, 2.75) is 13.5 Å². The van der Waals surface area contributed by atoms with Gasteiger partial charge in [0.25, 0.3) is 0 Å². The second kappa shape index (κ2) is 7.51. The molecule has 3 nitrogen and oxygen atoms in total. The standard InChI is InChI=1S/C19H15ClO3S/c1-13-4-2-5-16(20)19(13)22-12-15-8-7-14(23-15)9-10-17(21)18-6-3-11-24-18/h2-11H,12H2,1H3/b10-9+. The molecule has 122 valence electrons. The molecule has 0 atom stereocenters. The van der Waals surface area contributed by atoms with Crippen LogP contribution in [-0.4, -0.2) is 5.78 Å². The molecule has 0 aliphatic rings. The first kappa shape index (κ1) is 16.6. The molecule has 2 aromatic heterocycles. The Kier molecular flexibility index (Phi) is 5.18. The summed E-state index contributed by atoms with van der Waals surface area (Å²) >= 11 is 7.55. The maximum absolute atomic E-state index is 11.9. The zero-order valence-electron chi connectivity index (χ0n) is 13.0. The van der Waals surface area contributed by atoms with Crippen LogP contribution in [0.25, 0.3) is 6.08 Å². The minimum absolute atomic E-state index is 0.0362. The van der Waals surface area contributed by atoms with Gasteiger partial charge in [0.15, 0.2) is 5.78 Å². The number of hydrogen-bond donors (Lipinski definition) is 0. The van der Waals surface area contributed by atoms with Crippen molar-refractivity contribution in [2.75, 3.05) is 0 Å². The maximum atomic E-state index is 11.9. The van der Waals surface area contributed by atoms with Gasteiger partial charge in [-0.25, -0.2) is 0 Å². The number of allylic oxidation sites excluding steroid dienone is 1. The normalized spacial score (nSPS) is 11.1. The lowest BCUT2D eigenvalue weighted by atomic mass is 10.2. The van der Waals surface area contributed by atoms with Gasteiger partial charge in [-0.05, 0) is 54.3 Å². The Morgan fingerprint density at radius 1 is 1.25 bits per heavy atom. The second-order valence-electron chi connectivity index (χ2n) is 5.15. The number of carbonyl (C=O) groups is 1. The van der Waals surface area contributed by atoms with E-state index in [9.17, 15) is 4.79 Å². The van der Waals surface area contributed by atoms with Crippen LogP contribution in [0.5, 0.6) is 5.75 Å². The molecule has 2 heterocycles. The lowest BCUT2D eigenvalue weighted by molar-refractivity contribution is 0.105. The molecule has 5 heteroatoms. The summed E-state index contributed by atoms with van der Waals surface area (Å²) in [6.07, 6.45) is 3.17. The number of rotatable bonds is 6. The molecule has 0 aliphatic carbocycles. The van der Waals surface area contributed by atoms with Crippen LogP contribution in [0.1, 0.15) is 26.8 Å². The Labute approximate surface area is 149 Å². The van der Waals surface area contributed by atoms with Crippen LogP contribution in [0.2, 0.25) is 5.02 Å². The summed E-state index contributed by atoms with van der Waals surface area (Å²) in [6, 6.07) is 12.9. The molecule has 0 amide bonds. The van der Waals surface area contributed by atoms with Crippen LogP contribution in [0.3, 0.4) is 0 Å². The molecule has 3 rings (SSSR count). The third kappa shape index (κ3) is 3.96. The molecule has 0 N–H and O–H groups in total. The fourth-order valence-corrected chi connectivity index (χ4v) is 3.08. The van der Waals surface area contributed by atoms with E-state index in [4.69, 9.17) is 20.8 Å². The first-order chi connectivity index (χ1) is 11.6. The number of ketones is 1. The summed E-state index contributed by atoms with van der Waals surface area (Å²) in [4.78, 5) is 12.6. The molecule has 0 bridgehead atoms. The summed E-state index contributed by atoms with van der Waals surface area (Å²) in [5, 5.41) is 2.45. The minimum Gasteiger partial charge on any atom is -0.484 e. The molecular formula is C19H15ClO3S. The summed E-state index contributed by atoms with van der Waals surface area (Å²) < 4.78 is 11.4. The molecule has 0 unspecified atom stereocenters. The third-order valence-corrected chi connectivity index (χ3v) is 4.55. The molecule has 0 saturated heterocycles. The van der Waals surface area contributed by atoms with Crippen molar-refractivity contribution < 1.29 is 13.9 Å². The minimum atomic E-state index is -0.0362. The van der Waals surface area contributed by atoms with Gasteiger partial charge in [0.05, 0.1) is 9.90 Å². The lowest BCUT2D eigenvalue weighted by Crippen LogP contribution is -1.96. The summed E-state index contributed by atoms with van der Waals surface area (Å²) in [5.41, 5.74) is 0.968. The van der Waals surface area contributed by atoms with Gasteiger partial charge in [-0.2, -0.15) is 0 Å². The topological polar surface area (TPSA) is 39.4 Å². The predicted octanol–water partition coefficient (Wildman–Crippen LogP) is 5.78. The Morgan fingerprint density at radius 2 is 2.12 bits per heavy atom. The maximum Gasteiger partial charge on any atom is 0.195 e. The van der Waals surface area contributed by atoms with Gasteiger partial charge < -0.3 is 9.15 Å². The summed E-state index contributed by atoms with van der Waals surface area (Å²) in [7, 11) is 0. The number of ether oxygens (including phenoxy) is 1. The van der Waals surface area contributed by atoms with Crippen LogP contribution in [0.15, 0.2) is 58.3 Å². The number of carbonyl (C=O) groups excluding carboxylic acids is 1. The van der Waals surface area contributed by atoms with E-state index in [1.807, 2.05) is 36.6 Å². The SMILES string of the molecule is Cc1cccc(Cl)c1OCc1ccc(/C=C/C(=O)c2cccs2)o1. The van der Waals surface area contributed by atoms with E-state index in [2.05, 4.69) is 0 Å². The Hall–Kier alpha value is -2.30. The van der Waals surface area contributed by atoms with Gasteiger partial charge in [-0.3, -0.25) is 4.79 Å². The largest absolute Gasteiger partial charge is 0.484 e. The number of hydrogen-bond acceptors (Lipinski definition) is 4. The van der Waals surface area contributed by atoms with Crippen LogP contribution in [-0.2, 0) is 6.61 Å². The molecule has 0 saturated carbocycles. The van der Waals surface area contributed by atoms with Crippen LogP contribution >= 0.6 is 22.9 Å². The highest BCUT2D eigenvalue weighted by atomic mass is 35.5. The van der Waals surface area contributed by atoms with Crippen LogP contribution in [0, 0.1) is 6.92 Å². The smallest absolute Gasteiger partial charge is 0.195 e. The second-order valence-corrected chi connectivity index (χ2v) is 6.51. The molecule has 0 aliphatic heterocycles. The van der Waals surface area contributed by atoms with Crippen molar-refractivity contribution in [1.29, 1.82) is 0 Å². The predicted molar refractivity (Wildman–Crippen MR) is 96.9 cm³/mol. The number of benzene rings is 1. The van der Waals surface area contributed by atoms with E-state index in [0.29, 0.717) is 27.2 Å². The Morgan fingerprint density at radius 3 is 2.88 bits per heavy atom. The van der Waals surface area contributed by atoms with Crippen molar-refractivity contribution in [2.24, 2.45) is 0 Å². The number of thiophene rings is 1. The third-order valence-electron chi connectivity index (χ3n) is 3.37. The highest BCUT2D eigenvalue weighted by Gasteiger charge is 2.07. The molecule has 3 aromatic rings. The molecule has 1 aromatic carbocycles. The van der Waals surface area contributed by atoms with Gasteiger partial charge in [-0.1, -0.05) is 29.8 Å². The Bertz CT molecular complexity index is 842. The van der Waals surface area contributed by atoms with E-state index < -0.39 is 0 Å². The number of furan rings is 1. The van der Waals surface area contributed by atoms with Gasteiger partial charge in [-0.15, -0.1) is 11.3 Å².